The maximum Gasteiger partial charge on any atom is 0.165 e. The molecule has 0 atom stereocenters. The number of benzene rings is 2. The van der Waals surface area contributed by atoms with E-state index in [1.807, 2.05) is 29.8 Å². The fraction of sp³-hybridized carbons (Fsp3) is 0.250. The van der Waals surface area contributed by atoms with Gasteiger partial charge in [-0.15, -0.1) is 11.3 Å². The van der Waals surface area contributed by atoms with E-state index in [0.717, 1.165) is 49.2 Å². The monoisotopic (exact) mass is 401 g/mol. The lowest BCUT2D eigenvalue weighted by atomic mass is 10.1. The van der Waals surface area contributed by atoms with E-state index in [0.29, 0.717) is 6.42 Å². The van der Waals surface area contributed by atoms with E-state index in [2.05, 4.69) is 51.2 Å². The van der Waals surface area contributed by atoms with E-state index < -0.39 is 0 Å². The molecule has 0 aliphatic carbocycles. The van der Waals surface area contributed by atoms with Gasteiger partial charge in [-0.2, -0.15) is 0 Å². The lowest BCUT2D eigenvalue weighted by Crippen LogP contribution is -2.47. The Bertz CT molecular complexity index is 1160. The Morgan fingerprint density at radius 3 is 2.66 bits per heavy atom. The summed E-state index contributed by atoms with van der Waals surface area (Å²) in [5, 5.41) is 4.32. The molecule has 2 aromatic carbocycles. The van der Waals surface area contributed by atoms with Crippen LogP contribution in [-0.2, 0) is 0 Å². The Morgan fingerprint density at radius 2 is 1.76 bits per heavy atom. The highest BCUT2D eigenvalue weighted by atomic mass is 32.1. The molecule has 0 radical (unpaired) electrons. The molecule has 0 amide bonds. The first kappa shape index (κ1) is 18.3. The molecule has 1 saturated heterocycles. The molecule has 4 aromatic rings. The van der Waals surface area contributed by atoms with Crippen molar-refractivity contribution in [2.24, 2.45) is 0 Å². The third kappa shape index (κ3) is 3.63. The van der Waals surface area contributed by atoms with Crippen LogP contribution < -0.4 is 4.90 Å². The summed E-state index contributed by atoms with van der Waals surface area (Å²) in [5.74, 6) is 0.255. The maximum absolute atomic E-state index is 12.8. The smallest absolute Gasteiger partial charge is 0.165 e. The number of thiophene rings is 1. The number of nitrogens with zero attached hydrogens (tertiary/aromatic N) is 3. The zero-order valence-corrected chi connectivity index (χ0v) is 17.1. The average Bonchev–Trinajstić information content (AvgIpc) is 3.22. The number of rotatable bonds is 5. The Hall–Kier alpha value is -2.76. The second-order valence-corrected chi connectivity index (χ2v) is 8.41. The normalized spacial score (nSPS) is 15.2. The highest BCUT2D eigenvalue weighted by Gasteiger charge is 2.20. The minimum atomic E-state index is 0.255. The molecule has 1 aliphatic rings. The first-order valence-electron chi connectivity index (χ1n) is 10.1. The molecule has 1 fully saturated rings. The number of carbonyl (C=O) groups excluding carboxylic acids is 1. The second-order valence-electron chi connectivity index (χ2n) is 7.49. The molecule has 3 heterocycles. The predicted molar refractivity (Wildman–Crippen MR) is 121 cm³/mol. The summed E-state index contributed by atoms with van der Waals surface area (Å²) in [6, 6.07) is 18.7. The molecule has 0 unspecified atom stereocenters. The van der Waals surface area contributed by atoms with Gasteiger partial charge in [0.15, 0.2) is 5.78 Å². The van der Waals surface area contributed by atoms with Crippen LogP contribution in [0.25, 0.3) is 21.0 Å². The Kier molecular flexibility index (Phi) is 5.00. The predicted octanol–water partition coefficient (Wildman–Crippen LogP) is 4.84. The molecule has 0 N–H and O–H groups in total. The van der Waals surface area contributed by atoms with Crippen molar-refractivity contribution in [2.75, 3.05) is 37.6 Å². The van der Waals surface area contributed by atoms with Gasteiger partial charge in [0.1, 0.15) is 0 Å². The van der Waals surface area contributed by atoms with Crippen molar-refractivity contribution in [1.29, 1.82) is 0 Å². The van der Waals surface area contributed by atoms with Crippen LogP contribution in [0.2, 0.25) is 0 Å². The SMILES string of the molecule is O=C(CCN1CCN(c2cccc3ncccc23)CC1)c1csc2ccccc12. The number of hydrogen-bond acceptors (Lipinski definition) is 5. The molecule has 1 aliphatic heterocycles. The van der Waals surface area contributed by atoms with Crippen LogP contribution >= 0.6 is 11.3 Å². The van der Waals surface area contributed by atoms with Gasteiger partial charge in [-0.1, -0.05) is 24.3 Å². The van der Waals surface area contributed by atoms with E-state index in [1.165, 1.54) is 15.8 Å². The summed E-state index contributed by atoms with van der Waals surface area (Å²) in [4.78, 5) is 22.1. The summed E-state index contributed by atoms with van der Waals surface area (Å²) in [6.45, 7) is 4.74. The number of Topliss-reactive ketones (excluding diaryl/α,β-unsaturated/α-hetero) is 1. The Balaban J connectivity index is 1.21. The largest absolute Gasteiger partial charge is 0.368 e. The van der Waals surface area contributed by atoms with Gasteiger partial charge in [0, 0.05) is 77.4 Å². The number of piperazine rings is 1. The van der Waals surface area contributed by atoms with Crippen LogP contribution in [0, 0.1) is 0 Å². The van der Waals surface area contributed by atoms with Crippen molar-refractivity contribution in [3.8, 4) is 0 Å². The lowest BCUT2D eigenvalue weighted by Gasteiger charge is -2.36. The third-order valence-corrected chi connectivity index (χ3v) is 6.74. The van der Waals surface area contributed by atoms with Gasteiger partial charge in [-0.05, 0) is 30.3 Å². The molecule has 0 spiro atoms. The number of aromatic nitrogens is 1. The number of fused-ring (bicyclic) bond motifs is 2. The number of anilines is 1. The minimum absolute atomic E-state index is 0.255. The molecule has 4 nitrogen and oxygen atoms in total. The van der Waals surface area contributed by atoms with Crippen LogP contribution in [0.15, 0.2) is 66.2 Å². The highest BCUT2D eigenvalue weighted by molar-refractivity contribution is 7.17. The van der Waals surface area contributed by atoms with E-state index in [-0.39, 0.29) is 5.78 Å². The van der Waals surface area contributed by atoms with Gasteiger partial charge in [0.05, 0.1) is 5.52 Å². The fourth-order valence-electron chi connectivity index (χ4n) is 4.16. The molecule has 146 valence electrons. The fourth-order valence-corrected chi connectivity index (χ4v) is 5.13. The molecular formula is C24H23N3OS. The van der Waals surface area contributed by atoms with Crippen LogP contribution in [0.3, 0.4) is 0 Å². The quantitative estimate of drug-likeness (QED) is 0.448. The second kappa shape index (κ2) is 7.93. The Morgan fingerprint density at radius 1 is 0.931 bits per heavy atom. The summed E-state index contributed by atoms with van der Waals surface area (Å²) < 4.78 is 1.19. The van der Waals surface area contributed by atoms with Crippen molar-refractivity contribution in [2.45, 2.75) is 6.42 Å². The summed E-state index contributed by atoms with van der Waals surface area (Å²) in [6.07, 6.45) is 2.43. The molecule has 0 bridgehead atoms. The van der Waals surface area contributed by atoms with Gasteiger partial charge in [-0.3, -0.25) is 14.7 Å². The van der Waals surface area contributed by atoms with E-state index in [4.69, 9.17) is 0 Å². The number of hydrogen-bond donors (Lipinski definition) is 0. The number of ketones is 1. The molecule has 29 heavy (non-hydrogen) atoms. The first-order valence-corrected chi connectivity index (χ1v) is 11.0. The van der Waals surface area contributed by atoms with Crippen molar-refractivity contribution in [3.05, 3.63) is 71.7 Å². The number of carbonyl (C=O) groups is 1. The van der Waals surface area contributed by atoms with Gasteiger partial charge >= 0.3 is 0 Å². The van der Waals surface area contributed by atoms with Crippen LogP contribution in [-0.4, -0.2) is 48.4 Å². The number of pyridine rings is 1. The van der Waals surface area contributed by atoms with Crippen LogP contribution in [0.5, 0.6) is 0 Å². The molecule has 5 rings (SSSR count). The van der Waals surface area contributed by atoms with Crippen molar-refractivity contribution in [3.63, 3.8) is 0 Å². The average molecular weight is 402 g/mol. The highest BCUT2D eigenvalue weighted by Crippen LogP contribution is 2.28. The van der Waals surface area contributed by atoms with Crippen LogP contribution in [0.4, 0.5) is 5.69 Å². The lowest BCUT2D eigenvalue weighted by molar-refractivity contribution is 0.0964. The van der Waals surface area contributed by atoms with Crippen LogP contribution in [0.1, 0.15) is 16.8 Å². The molecule has 2 aromatic heterocycles. The van der Waals surface area contributed by atoms with Crippen molar-refractivity contribution < 1.29 is 4.79 Å². The summed E-state index contributed by atoms with van der Waals surface area (Å²) in [7, 11) is 0. The summed E-state index contributed by atoms with van der Waals surface area (Å²) in [5.41, 5.74) is 3.18. The zero-order valence-electron chi connectivity index (χ0n) is 16.3. The van der Waals surface area contributed by atoms with Gasteiger partial charge < -0.3 is 4.90 Å². The Labute approximate surface area is 174 Å². The van der Waals surface area contributed by atoms with Gasteiger partial charge in [-0.25, -0.2) is 0 Å². The topological polar surface area (TPSA) is 36.4 Å². The molecule has 0 saturated carbocycles. The van der Waals surface area contributed by atoms with E-state index >= 15 is 0 Å². The third-order valence-electron chi connectivity index (χ3n) is 5.77. The maximum atomic E-state index is 12.8. The standard InChI is InChI=1S/C24H23N3OS/c28-23(20-17-29-24-9-2-1-5-18(20)24)10-12-26-13-15-27(16-14-26)22-8-3-7-21-19(22)6-4-11-25-21/h1-9,11,17H,10,12-16H2. The van der Waals surface area contributed by atoms with Gasteiger partial charge in [0.2, 0.25) is 0 Å². The van der Waals surface area contributed by atoms with E-state index in [1.54, 1.807) is 11.3 Å². The van der Waals surface area contributed by atoms with Crippen molar-refractivity contribution >= 4 is 43.8 Å². The zero-order chi connectivity index (χ0) is 19.6. The van der Waals surface area contributed by atoms with Crippen molar-refractivity contribution in [1.82, 2.24) is 9.88 Å². The summed E-state index contributed by atoms with van der Waals surface area (Å²) >= 11 is 1.66. The minimum Gasteiger partial charge on any atom is -0.368 e. The molecular weight excluding hydrogens is 378 g/mol. The molecule has 5 heteroatoms. The van der Waals surface area contributed by atoms with Gasteiger partial charge in [0.25, 0.3) is 0 Å². The first-order chi connectivity index (χ1) is 14.3. The van der Waals surface area contributed by atoms with E-state index in [9.17, 15) is 4.79 Å².